The Bertz CT molecular complexity index is 519. The van der Waals surface area contributed by atoms with Crippen molar-refractivity contribution in [1.82, 2.24) is 14.9 Å². The van der Waals surface area contributed by atoms with Gasteiger partial charge in [-0.05, 0) is 33.6 Å². The summed E-state index contributed by atoms with van der Waals surface area (Å²) in [4.78, 5) is 21.8. The highest BCUT2D eigenvalue weighted by molar-refractivity contribution is 6.30. The number of nitrogens with zero attached hydrogens (tertiary/aromatic N) is 3. The quantitative estimate of drug-likeness (QED) is 0.853. The Morgan fingerprint density at radius 1 is 1.41 bits per heavy atom. The molecule has 0 unspecified atom stereocenters. The van der Waals surface area contributed by atoms with Gasteiger partial charge in [0.05, 0.1) is 6.61 Å². The molecule has 1 atom stereocenters. The molecule has 2 heterocycles. The summed E-state index contributed by atoms with van der Waals surface area (Å²) in [5.41, 5.74) is -0.478. The van der Waals surface area contributed by atoms with Crippen molar-refractivity contribution in [2.24, 2.45) is 5.92 Å². The smallest absolute Gasteiger partial charge is 0.410 e. The van der Waals surface area contributed by atoms with Crippen LogP contribution in [0.1, 0.15) is 33.6 Å². The Labute approximate surface area is 135 Å². The molecule has 2 rings (SSSR count). The molecule has 1 saturated heterocycles. The van der Waals surface area contributed by atoms with Crippen LogP contribution in [0.15, 0.2) is 12.4 Å². The molecular weight excluding hydrogens is 306 g/mol. The second-order valence-corrected chi connectivity index (χ2v) is 6.76. The van der Waals surface area contributed by atoms with E-state index in [1.807, 2.05) is 20.8 Å². The number of hydrogen-bond donors (Lipinski definition) is 0. The van der Waals surface area contributed by atoms with Crippen LogP contribution in [0.5, 0.6) is 5.88 Å². The molecule has 0 aromatic carbocycles. The first kappa shape index (κ1) is 16.8. The van der Waals surface area contributed by atoms with Gasteiger partial charge in [0.2, 0.25) is 0 Å². The van der Waals surface area contributed by atoms with Gasteiger partial charge in [0.15, 0.2) is 5.15 Å². The van der Waals surface area contributed by atoms with Gasteiger partial charge in [0.25, 0.3) is 5.88 Å². The van der Waals surface area contributed by atoms with Gasteiger partial charge >= 0.3 is 6.09 Å². The lowest BCUT2D eigenvalue weighted by molar-refractivity contribution is 0.0138. The van der Waals surface area contributed by atoms with Crippen LogP contribution in [0, 0.1) is 5.92 Å². The third-order valence-electron chi connectivity index (χ3n) is 3.25. The monoisotopic (exact) mass is 327 g/mol. The maximum atomic E-state index is 12.1. The van der Waals surface area contributed by atoms with E-state index in [9.17, 15) is 4.79 Å². The highest BCUT2D eigenvalue weighted by Crippen LogP contribution is 2.22. The summed E-state index contributed by atoms with van der Waals surface area (Å²) in [5.74, 6) is 0.567. The molecule has 6 nitrogen and oxygen atoms in total. The molecule has 1 aliphatic rings. The molecule has 1 aromatic rings. The van der Waals surface area contributed by atoms with Crippen molar-refractivity contribution in [3.8, 4) is 5.88 Å². The molecule has 0 N–H and O–H groups in total. The molecule has 1 amide bonds. The first-order valence-electron chi connectivity index (χ1n) is 7.42. The SMILES string of the molecule is CC(C)(C)OC(=O)N1CCC[C@H](COc2nccnc2Cl)C1. The van der Waals surface area contributed by atoms with E-state index in [0.717, 1.165) is 19.4 Å². The average Bonchev–Trinajstić information content (AvgIpc) is 2.45. The lowest BCUT2D eigenvalue weighted by Crippen LogP contribution is -2.44. The van der Waals surface area contributed by atoms with Crippen LogP contribution in [0.2, 0.25) is 5.15 Å². The minimum absolute atomic E-state index is 0.236. The van der Waals surface area contributed by atoms with Crippen LogP contribution in [-0.4, -0.2) is 46.3 Å². The Hall–Kier alpha value is -1.56. The van der Waals surface area contributed by atoms with Crippen molar-refractivity contribution >= 4 is 17.7 Å². The molecule has 122 valence electrons. The van der Waals surface area contributed by atoms with E-state index < -0.39 is 5.60 Å². The fourth-order valence-electron chi connectivity index (χ4n) is 2.30. The van der Waals surface area contributed by atoms with E-state index >= 15 is 0 Å². The molecule has 0 saturated carbocycles. The second-order valence-electron chi connectivity index (χ2n) is 6.40. The zero-order valence-corrected chi connectivity index (χ0v) is 14.0. The average molecular weight is 328 g/mol. The lowest BCUT2D eigenvalue weighted by Gasteiger charge is -2.33. The number of aromatic nitrogens is 2. The minimum Gasteiger partial charge on any atom is -0.475 e. The van der Waals surface area contributed by atoms with Crippen LogP contribution in [0.3, 0.4) is 0 Å². The Morgan fingerprint density at radius 2 is 2.14 bits per heavy atom. The number of amides is 1. The standard InChI is InChI=1S/C15H22ClN3O3/c1-15(2,3)22-14(20)19-8-4-5-11(9-19)10-21-13-12(16)17-6-7-18-13/h6-7,11H,4-5,8-10H2,1-3H3/t11-/m0/s1. The molecule has 1 aliphatic heterocycles. The normalized spacial score (nSPS) is 18.9. The summed E-state index contributed by atoms with van der Waals surface area (Å²) < 4.78 is 11.0. The lowest BCUT2D eigenvalue weighted by atomic mass is 9.99. The summed E-state index contributed by atoms with van der Waals surface area (Å²) >= 11 is 5.91. The van der Waals surface area contributed by atoms with Gasteiger partial charge in [-0.15, -0.1) is 0 Å². The molecule has 0 radical (unpaired) electrons. The highest BCUT2D eigenvalue weighted by atomic mass is 35.5. The number of carbonyl (C=O) groups excluding carboxylic acids is 1. The van der Waals surface area contributed by atoms with Gasteiger partial charge in [-0.2, -0.15) is 0 Å². The second kappa shape index (κ2) is 7.13. The van der Waals surface area contributed by atoms with Crippen molar-refractivity contribution in [2.75, 3.05) is 19.7 Å². The minimum atomic E-state index is -0.478. The Balaban J connectivity index is 1.86. The number of halogens is 1. The zero-order chi connectivity index (χ0) is 16.2. The van der Waals surface area contributed by atoms with E-state index in [1.165, 1.54) is 12.4 Å². The summed E-state index contributed by atoms with van der Waals surface area (Å²) in [6, 6.07) is 0. The van der Waals surface area contributed by atoms with Gasteiger partial charge in [-0.1, -0.05) is 11.6 Å². The summed E-state index contributed by atoms with van der Waals surface area (Å²) in [7, 11) is 0. The number of ether oxygens (including phenoxy) is 2. The maximum absolute atomic E-state index is 12.1. The summed E-state index contributed by atoms with van der Waals surface area (Å²) in [5, 5.41) is 0.252. The van der Waals surface area contributed by atoms with Crippen LogP contribution >= 0.6 is 11.6 Å². The molecule has 0 aliphatic carbocycles. The summed E-state index contributed by atoms with van der Waals surface area (Å²) in [6.07, 6.45) is 4.71. The fourth-order valence-corrected chi connectivity index (χ4v) is 2.45. The molecule has 22 heavy (non-hydrogen) atoms. The van der Waals surface area contributed by atoms with Crippen LogP contribution < -0.4 is 4.74 Å². The predicted octanol–water partition coefficient (Wildman–Crippen LogP) is 3.16. The number of likely N-dealkylation sites (tertiary alicyclic amines) is 1. The van der Waals surface area contributed by atoms with Crippen molar-refractivity contribution in [2.45, 2.75) is 39.2 Å². The molecule has 7 heteroatoms. The predicted molar refractivity (Wildman–Crippen MR) is 83.1 cm³/mol. The number of carbonyl (C=O) groups is 1. The number of rotatable bonds is 3. The number of hydrogen-bond acceptors (Lipinski definition) is 5. The van der Waals surface area contributed by atoms with Crippen molar-refractivity contribution in [3.05, 3.63) is 17.5 Å². The maximum Gasteiger partial charge on any atom is 0.410 e. The van der Waals surface area contributed by atoms with E-state index in [0.29, 0.717) is 19.0 Å². The van der Waals surface area contributed by atoms with E-state index in [2.05, 4.69) is 9.97 Å². The van der Waals surface area contributed by atoms with Crippen LogP contribution in [0.25, 0.3) is 0 Å². The fraction of sp³-hybridized carbons (Fsp3) is 0.667. The molecular formula is C15H22ClN3O3. The van der Waals surface area contributed by atoms with Crippen LogP contribution in [0.4, 0.5) is 4.79 Å². The van der Waals surface area contributed by atoms with Crippen molar-refractivity contribution < 1.29 is 14.3 Å². The molecule has 0 spiro atoms. The van der Waals surface area contributed by atoms with Gasteiger partial charge in [-0.3, -0.25) is 0 Å². The van der Waals surface area contributed by atoms with Crippen LogP contribution in [-0.2, 0) is 4.74 Å². The largest absolute Gasteiger partial charge is 0.475 e. The third kappa shape index (κ3) is 5.02. The van der Waals surface area contributed by atoms with E-state index in [1.54, 1.807) is 4.90 Å². The van der Waals surface area contributed by atoms with E-state index in [-0.39, 0.29) is 17.2 Å². The highest BCUT2D eigenvalue weighted by Gasteiger charge is 2.28. The van der Waals surface area contributed by atoms with Gasteiger partial charge in [0.1, 0.15) is 5.60 Å². The van der Waals surface area contributed by atoms with Crippen molar-refractivity contribution in [1.29, 1.82) is 0 Å². The van der Waals surface area contributed by atoms with Gasteiger partial charge < -0.3 is 14.4 Å². The van der Waals surface area contributed by atoms with Gasteiger partial charge in [-0.25, -0.2) is 14.8 Å². The molecule has 1 fully saturated rings. The third-order valence-corrected chi connectivity index (χ3v) is 3.51. The first-order chi connectivity index (χ1) is 10.3. The Kier molecular flexibility index (Phi) is 5.45. The first-order valence-corrected chi connectivity index (χ1v) is 7.80. The zero-order valence-electron chi connectivity index (χ0n) is 13.2. The topological polar surface area (TPSA) is 64.5 Å². The Morgan fingerprint density at radius 3 is 2.82 bits per heavy atom. The molecule has 1 aromatic heterocycles. The summed E-state index contributed by atoms with van der Waals surface area (Å²) in [6.45, 7) is 7.39. The van der Waals surface area contributed by atoms with Crippen molar-refractivity contribution in [3.63, 3.8) is 0 Å². The van der Waals surface area contributed by atoms with Gasteiger partial charge in [0, 0.05) is 31.4 Å². The van der Waals surface area contributed by atoms with E-state index in [4.69, 9.17) is 21.1 Å². The molecule has 0 bridgehead atoms. The number of piperidine rings is 1.